The Morgan fingerprint density at radius 3 is 2.53 bits per heavy atom. The molecule has 2 N–H and O–H groups in total. The largest absolute Gasteiger partial charge is 0.319 e. The molecule has 2 heterocycles. The number of hydrogen-bond donors (Lipinski definition) is 2. The van der Waals surface area contributed by atoms with Gasteiger partial charge in [-0.3, -0.25) is 9.52 Å². The third-order valence-electron chi connectivity index (χ3n) is 4.63. The van der Waals surface area contributed by atoms with Crippen LogP contribution in [0.25, 0.3) is 5.78 Å². The molecule has 2 aromatic carbocycles. The fourth-order valence-corrected chi connectivity index (χ4v) is 4.69. The maximum Gasteiger partial charge on any atom is 0.295 e. The van der Waals surface area contributed by atoms with Crippen LogP contribution >= 0.6 is 11.6 Å². The lowest BCUT2D eigenvalue weighted by Gasteiger charge is -2.12. The number of halogens is 1. The Morgan fingerprint density at radius 1 is 1.00 bits per heavy atom. The van der Waals surface area contributed by atoms with Gasteiger partial charge < -0.3 is 5.32 Å². The van der Waals surface area contributed by atoms with E-state index in [4.69, 9.17) is 11.6 Å². The van der Waals surface area contributed by atoms with Gasteiger partial charge in [0.1, 0.15) is 0 Å². The van der Waals surface area contributed by atoms with Gasteiger partial charge >= 0.3 is 0 Å². The maximum absolute atomic E-state index is 12.9. The number of fused-ring (bicyclic) bond motifs is 1. The van der Waals surface area contributed by atoms with Gasteiger partial charge in [0.2, 0.25) is 5.82 Å². The monoisotopic (exact) mass is 470 g/mol. The molecule has 0 aliphatic heterocycles. The molecule has 0 saturated heterocycles. The Hall–Kier alpha value is -3.50. The van der Waals surface area contributed by atoms with Gasteiger partial charge in [0.15, 0.2) is 0 Å². The highest BCUT2D eigenvalue weighted by atomic mass is 35.5. The van der Waals surface area contributed by atoms with Crippen LogP contribution in [0.5, 0.6) is 0 Å². The minimum absolute atomic E-state index is 0.0198. The van der Waals surface area contributed by atoms with Gasteiger partial charge in [-0.25, -0.2) is 17.9 Å². The molecule has 0 atom stereocenters. The zero-order valence-electron chi connectivity index (χ0n) is 17.4. The number of nitrogens with zero attached hydrogens (tertiary/aromatic N) is 4. The number of aryl methyl sites for hydroxylation is 3. The molecule has 2 aromatic heterocycles. The van der Waals surface area contributed by atoms with E-state index in [1.807, 2.05) is 19.9 Å². The summed E-state index contributed by atoms with van der Waals surface area (Å²) in [5.41, 5.74) is 2.67. The zero-order valence-corrected chi connectivity index (χ0v) is 19.0. The topological polar surface area (TPSA) is 118 Å². The van der Waals surface area contributed by atoms with Crippen LogP contribution < -0.4 is 10.0 Å². The van der Waals surface area contributed by atoms with Gasteiger partial charge in [-0.2, -0.15) is 4.98 Å². The van der Waals surface area contributed by atoms with Crippen LogP contribution in [0.4, 0.5) is 11.4 Å². The molecule has 4 aromatic rings. The van der Waals surface area contributed by atoms with Crippen molar-refractivity contribution in [2.24, 2.45) is 0 Å². The molecule has 0 spiro atoms. The highest BCUT2D eigenvalue weighted by Crippen LogP contribution is 2.24. The quantitative estimate of drug-likeness (QED) is 0.458. The summed E-state index contributed by atoms with van der Waals surface area (Å²) >= 11 is 5.94. The average molecular weight is 471 g/mol. The molecular formula is C21H19ClN6O3S. The van der Waals surface area contributed by atoms with Crippen molar-refractivity contribution in [2.75, 3.05) is 10.0 Å². The van der Waals surface area contributed by atoms with Gasteiger partial charge in [-0.1, -0.05) is 23.7 Å². The number of anilines is 2. The van der Waals surface area contributed by atoms with Gasteiger partial charge in [-0.05, 0) is 62.7 Å². The van der Waals surface area contributed by atoms with E-state index in [0.29, 0.717) is 22.1 Å². The molecule has 1 amide bonds. The Morgan fingerprint density at radius 2 is 1.78 bits per heavy atom. The number of benzene rings is 2. The van der Waals surface area contributed by atoms with E-state index >= 15 is 0 Å². The van der Waals surface area contributed by atoms with Crippen molar-refractivity contribution in [1.29, 1.82) is 0 Å². The lowest BCUT2D eigenvalue weighted by Crippen LogP contribution is -2.17. The summed E-state index contributed by atoms with van der Waals surface area (Å²) in [4.78, 5) is 21.1. The van der Waals surface area contributed by atoms with E-state index in [9.17, 15) is 13.2 Å². The highest BCUT2D eigenvalue weighted by Gasteiger charge is 2.20. The van der Waals surface area contributed by atoms with Crippen LogP contribution in [0.3, 0.4) is 0 Å². The van der Waals surface area contributed by atoms with Gasteiger partial charge in [-0.15, -0.1) is 5.10 Å². The van der Waals surface area contributed by atoms with Crippen LogP contribution in [-0.4, -0.2) is 33.9 Å². The van der Waals surface area contributed by atoms with Crippen LogP contribution in [-0.2, 0) is 10.0 Å². The molecule has 0 fully saturated rings. The van der Waals surface area contributed by atoms with Crippen LogP contribution in [0, 0.1) is 20.8 Å². The van der Waals surface area contributed by atoms with E-state index in [0.717, 1.165) is 11.4 Å². The number of hydrogen-bond acceptors (Lipinski definition) is 6. The first-order valence-corrected chi connectivity index (χ1v) is 11.4. The van der Waals surface area contributed by atoms with Gasteiger partial charge in [0, 0.05) is 22.1 Å². The summed E-state index contributed by atoms with van der Waals surface area (Å²) < 4.78 is 29.8. The second kappa shape index (κ2) is 8.21. The minimum Gasteiger partial charge on any atom is -0.319 e. The Labute approximate surface area is 189 Å². The van der Waals surface area contributed by atoms with Crippen molar-refractivity contribution in [2.45, 2.75) is 25.7 Å². The molecule has 0 radical (unpaired) electrons. The molecule has 0 saturated carbocycles. The predicted octanol–water partition coefficient (Wildman–Crippen LogP) is 3.76. The maximum atomic E-state index is 12.9. The standard InChI is InChI=1S/C21H19ClN6O3S/c1-12-7-8-16(11-18(12)32(30,31)27-17-6-4-5-15(22)10-17)24-20(29)19-25-21-23-13(2)9-14(3)28(21)26-19/h4-11,27H,1-3H3,(H,24,29). The lowest BCUT2D eigenvalue weighted by molar-refractivity contribution is 0.101. The SMILES string of the molecule is Cc1cc(C)n2nc(C(=O)Nc3ccc(C)c(S(=O)(=O)Nc4cccc(Cl)c4)c3)nc2n1. The minimum atomic E-state index is -3.92. The molecule has 0 aliphatic rings. The molecule has 0 aliphatic carbocycles. The summed E-state index contributed by atoms with van der Waals surface area (Å²) in [7, 11) is -3.92. The van der Waals surface area contributed by atoms with Crippen molar-refractivity contribution in [1.82, 2.24) is 19.6 Å². The molecule has 9 nitrogen and oxygen atoms in total. The van der Waals surface area contributed by atoms with Crippen molar-refractivity contribution in [3.05, 3.63) is 76.3 Å². The van der Waals surface area contributed by atoms with E-state index < -0.39 is 15.9 Å². The molecule has 32 heavy (non-hydrogen) atoms. The number of sulfonamides is 1. The normalized spacial score (nSPS) is 11.5. The number of carbonyl (C=O) groups is 1. The van der Waals surface area contributed by atoms with Crippen molar-refractivity contribution < 1.29 is 13.2 Å². The van der Waals surface area contributed by atoms with Crippen molar-refractivity contribution >= 4 is 44.7 Å². The first-order valence-electron chi connectivity index (χ1n) is 9.54. The Kier molecular flexibility index (Phi) is 5.57. The van der Waals surface area contributed by atoms with Gasteiger partial charge in [0.25, 0.3) is 21.7 Å². The fraction of sp³-hybridized carbons (Fsp3) is 0.143. The average Bonchev–Trinajstić information content (AvgIpc) is 3.13. The molecule has 0 bridgehead atoms. The summed E-state index contributed by atoms with van der Waals surface area (Å²) in [5.74, 6) is -0.346. The first-order chi connectivity index (χ1) is 15.1. The van der Waals surface area contributed by atoms with Gasteiger partial charge in [0.05, 0.1) is 10.6 Å². The highest BCUT2D eigenvalue weighted by molar-refractivity contribution is 7.92. The molecule has 4 rings (SSSR count). The smallest absolute Gasteiger partial charge is 0.295 e. The third kappa shape index (κ3) is 4.41. The van der Waals surface area contributed by atoms with Crippen LogP contribution in [0.15, 0.2) is 53.4 Å². The van der Waals surface area contributed by atoms with E-state index in [2.05, 4.69) is 25.1 Å². The summed E-state index contributed by atoms with van der Waals surface area (Å²) in [5, 5.41) is 7.24. The third-order valence-corrected chi connectivity index (χ3v) is 6.39. The lowest BCUT2D eigenvalue weighted by atomic mass is 10.2. The predicted molar refractivity (Wildman–Crippen MR) is 122 cm³/mol. The Balaban J connectivity index is 1.61. The molecule has 0 unspecified atom stereocenters. The number of carbonyl (C=O) groups excluding carboxylic acids is 1. The number of nitrogens with one attached hydrogen (secondary N) is 2. The van der Waals surface area contributed by atoms with Crippen LogP contribution in [0.2, 0.25) is 5.02 Å². The second-order valence-electron chi connectivity index (χ2n) is 7.24. The fourth-order valence-electron chi connectivity index (χ4n) is 3.18. The van der Waals surface area contributed by atoms with Crippen molar-refractivity contribution in [3.8, 4) is 0 Å². The number of aromatic nitrogens is 4. The molecule has 11 heteroatoms. The first kappa shape index (κ1) is 21.7. The van der Waals surface area contributed by atoms with E-state index in [-0.39, 0.29) is 16.4 Å². The number of amides is 1. The van der Waals surface area contributed by atoms with E-state index in [1.54, 1.807) is 37.3 Å². The van der Waals surface area contributed by atoms with Crippen LogP contribution in [0.1, 0.15) is 27.6 Å². The summed E-state index contributed by atoms with van der Waals surface area (Å²) in [6, 6.07) is 12.8. The summed E-state index contributed by atoms with van der Waals surface area (Å²) in [6.07, 6.45) is 0. The van der Waals surface area contributed by atoms with Crippen molar-refractivity contribution in [3.63, 3.8) is 0 Å². The number of rotatable bonds is 5. The molecule has 164 valence electrons. The molecular weight excluding hydrogens is 452 g/mol. The zero-order chi connectivity index (χ0) is 23.0. The summed E-state index contributed by atoms with van der Waals surface area (Å²) in [6.45, 7) is 5.33. The van der Waals surface area contributed by atoms with E-state index in [1.165, 1.54) is 16.6 Å². The Bertz CT molecular complexity index is 1470. The second-order valence-corrected chi connectivity index (χ2v) is 9.32.